The summed E-state index contributed by atoms with van der Waals surface area (Å²) in [6.45, 7) is 11.0. The molecule has 5 nitrogen and oxygen atoms in total. The standard InChI is InChI=1S/C31H36N4OSi/c1-21-17-34(20-32-21)28-12-7-23(26-10-11-27(26)28)15-24-16-31(13-14-31)19-35-29(18-36-33-30(24)35)22-5-8-25(9-6-22)37(2,3)4/h5-9,12,15,17,20,29H,10-11,13-14,16,18-19H2,1-4H3/b24-15+. The SMILES string of the molecule is Cc1cn(-c2ccc(/C=C3\CC4(CC4)CN4C3=NOCC4c3ccc([Si](C)(C)C)cc3)c3c2CC3)cn1. The number of aromatic nitrogens is 2. The lowest BCUT2D eigenvalue weighted by Gasteiger charge is -2.44. The second-order valence-electron chi connectivity index (χ2n) is 12.6. The van der Waals surface area contributed by atoms with E-state index < -0.39 is 8.07 Å². The Morgan fingerprint density at radius 2 is 1.81 bits per heavy atom. The number of nitrogens with zero attached hydrogens (tertiary/aromatic N) is 4. The van der Waals surface area contributed by atoms with Gasteiger partial charge in [-0.05, 0) is 84.4 Å². The first-order chi connectivity index (χ1) is 17.8. The van der Waals surface area contributed by atoms with Gasteiger partial charge in [0.25, 0.3) is 0 Å². The quantitative estimate of drug-likeness (QED) is 0.420. The molecular weight excluding hydrogens is 472 g/mol. The highest BCUT2D eigenvalue weighted by Crippen LogP contribution is 2.55. The second kappa shape index (κ2) is 8.19. The van der Waals surface area contributed by atoms with Gasteiger partial charge >= 0.3 is 0 Å². The van der Waals surface area contributed by atoms with Crippen LogP contribution in [0.15, 0.2) is 59.7 Å². The molecule has 4 aliphatic rings. The molecule has 0 amide bonds. The van der Waals surface area contributed by atoms with E-state index in [0.717, 1.165) is 37.3 Å². The minimum atomic E-state index is -1.32. The summed E-state index contributed by atoms with van der Waals surface area (Å²) in [5, 5.41) is 6.17. The van der Waals surface area contributed by atoms with Crippen LogP contribution in [-0.2, 0) is 17.7 Å². The molecule has 1 unspecified atom stereocenters. The van der Waals surface area contributed by atoms with Crippen LogP contribution in [0.1, 0.15) is 53.3 Å². The molecule has 0 bridgehead atoms. The number of rotatable bonds is 4. The van der Waals surface area contributed by atoms with E-state index >= 15 is 0 Å². The van der Waals surface area contributed by atoms with Crippen molar-refractivity contribution < 1.29 is 4.84 Å². The fraction of sp³-hybridized carbons (Fsp3) is 0.419. The van der Waals surface area contributed by atoms with Gasteiger partial charge in [0.2, 0.25) is 0 Å². The maximum Gasteiger partial charge on any atom is 0.172 e. The third-order valence-electron chi connectivity index (χ3n) is 8.90. The fourth-order valence-corrected chi connectivity index (χ4v) is 7.53. The summed E-state index contributed by atoms with van der Waals surface area (Å²) in [7, 11) is -1.32. The number of hydrogen-bond donors (Lipinski definition) is 0. The summed E-state index contributed by atoms with van der Waals surface area (Å²) in [6.07, 6.45) is 12.5. The number of oxime groups is 1. The Morgan fingerprint density at radius 1 is 1.03 bits per heavy atom. The van der Waals surface area contributed by atoms with E-state index in [1.165, 1.54) is 51.5 Å². The predicted octanol–water partition coefficient (Wildman–Crippen LogP) is 5.78. The fourth-order valence-electron chi connectivity index (χ4n) is 6.36. The molecule has 6 heteroatoms. The van der Waals surface area contributed by atoms with Crippen LogP contribution < -0.4 is 5.19 Å². The molecule has 1 spiro atoms. The first-order valence-electron chi connectivity index (χ1n) is 13.7. The van der Waals surface area contributed by atoms with E-state index in [0.29, 0.717) is 12.0 Å². The van der Waals surface area contributed by atoms with Crippen LogP contribution in [0.4, 0.5) is 0 Å². The third-order valence-corrected chi connectivity index (χ3v) is 11.0. The van der Waals surface area contributed by atoms with Crippen LogP contribution in [0, 0.1) is 12.3 Å². The molecule has 37 heavy (non-hydrogen) atoms. The molecule has 7 rings (SSSR count). The molecule has 1 saturated heterocycles. The number of piperidine rings is 1. The van der Waals surface area contributed by atoms with Crippen LogP contribution in [-0.4, -0.2) is 41.5 Å². The zero-order chi connectivity index (χ0) is 25.4. The molecule has 1 atom stereocenters. The van der Waals surface area contributed by atoms with Crippen LogP contribution in [0.25, 0.3) is 11.8 Å². The molecule has 2 aromatic carbocycles. The van der Waals surface area contributed by atoms with E-state index in [4.69, 9.17) is 4.84 Å². The van der Waals surface area contributed by atoms with E-state index in [1.54, 1.807) is 0 Å². The van der Waals surface area contributed by atoms with E-state index in [2.05, 4.69) is 87.9 Å². The van der Waals surface area contributed by atoms with Gasteiger partial charge in [-0.2, -0.15) is 0 Å². The highest BCUT2D eigenvalue weighted by atomic mass is 28.3. The molecule has 3 aromatic rings. The molecule has 1 saturated carbocycles. The van der Waals surface area contributed by atoms with Gasteiger partial charge in [-0.3, -0.25) is 0 Å². The van der Waals surface area contributed by atoms with Gasteiger partial charge in [-0.15, -0.1) is 0 Å². The van der Waals surface area contributed by atoms with Crippen molar-refractivity contribution in [1.29, 1.82) is 0 Å². The van der Waals surface area contributed by atoms with Crippen LogP contribution in [0.3, 0.4) is 0 Å². The average Bonchev–Trinajstić information content (AvgIpc) is 3.44. The summed E-state index contributed by atoms with van der Waals surface area (Å²) in [5.74, 6) is 1.05. The van der Waals surface area contributed by atoms with Crippen molar-refractivity contribution in [1.82, 2.24) is 14.5 Å². The molecule has 0 N–H and O–H groups in total. The zero-order valence-electron chi connectivity index (χ0n) is 22.4. The van der Waals surface area contributed by atoms with Gasteiger partial charge in [0.1, 0.15) is 6.61 Å². The highest BCUT2D eigenvalue weighted by Gasteiger charge is 2.51. The lowest BCUT2D eigenvalue weighted by Crippen LogP contribution is -2.48. The van der Waals surface area contributed by atoms with Crippen LogP contribution >= 0.6 is 0 Å². The smallest absolute Gasteiger partial charge is 0.172 e. The summed E-state index contributed by atoms with van der Waals surface area (Å²) in [6, 6.07) is 14.2. The molecule has 1 aromatic heterocycles. The highest BCUT2D eigenvalue weighted by molar-refractivity contribution is 6.88. The number of benzene rings is 2. The maximum atomic E-state index is 5.91. The number of aryl methyl sites for hydroxylation is 1. The van der Waals surface area contributed by atoms with Crippen molar-refractivity contribution in [2.24, 2.45) is 10.6 Å². The Kier molecular flexibility index (Phi) is 5.10. The lowest BCUT2D eigenvalue weighted by molar-refractivity contribution is 0.0482. The number of fused-ring (bicyclic) bond motifs is 2. The van der Waals surface area contributed by atoms with Crippen molar-refractivity contribution in [2.45, 2.75) is 64.7 Å². The Labute approximate surface area is 220 Å². The second-order valence-corrected chi connectivity index (χ2v) is 17.7. The predicted molar refractivity (Wildman–Crippen MR) is 152 cm³/mol. The van der Waals surface area contributed by atoms with Crippen LogP contribution in [0.2, 0.25) is 19.6 Å². The van der Waals surface area contributed by atoms with Crippen molar-refractivity contribution >= 4 is 25.2 Å². The van der Waals surface area contributed by atoms with Gasteiger partial charge in [0, 0.05) is 18.4 Å². The largest absolute Gasteiger partial charge is 0.392 e. The van der Waals surface area contributed by atoms with Gasteiger partial charge in [0.15, 0.2) is 5.84 Å². The molecule has 3 heterocycles. The number of hydrogen-bond acceptors (Lipinski definition) is 4. The van der Waals surface area contributed by atoms with Crippen molar-refractivity contribution in [3.05, 3.63) is 82.4 Å². The van der Waals surface area contributed by atoms with Crippen molar-refractivity contribution in [3.63, 3.8) is 0 Å². The maximum absolute atomic E-state index is 5.91. The molecule has 2 aliphatic carbocycles. The Bertz CT molecular complexity index is 1440. The van der Waals surface area contributed by atoms with Gasteiger partial charge in [0.05, 0.1) is 26.1 Å². The summed E-state index contributed by atoms with van der Waals surface area (Å²) in [4.78, 5) is 12.9. The van der Waals surface area contributed by atoms with Crippen LogP contribution in [0.5, 0.6) is 0 Å². The minimum absolute atomic E-state index is 0.221. The average molecular weight is 509 g/mol. The normalized spacial score (nSPS) is 22.7. The van der Waals surface area contributed by atoms with E-state index in [-0.39, 0.29) is 6.04 Å². The first kappa shape index (κ1) is 23.0. The third kappa shape index (κ3) is 3.97. The summed E-state index contributed by atoms with van der Waals surface area (Å²) >= 11 is 0. The topological polar surface area (TPSA) is 42.7 Å². The van der Waals surface area contributed by atoms with Gasteiger partial charge in [-0.25, -0.2) is 4.98 Å². The van der Waals surface area contributed by atoms with E-state index in [9.17, 15) is 0 Å². The Morgan fingerprint density at radius 3 is 2.46 bits per heavy atom. The number of imidazole rings is 1. The Hall–Kier alpha value is -3.12. The van der Waals surface area contributed by atoms with Crippen molar-refractivity contribution in [3.8, 4) is 5.69 Å². The molecule has 190 valence electrons. The zero-order valence-corrected chi connectivity index (χ0v) is 23.4. The summed E-state index contributed by atoms with van der Waals surface area (Å²) in [5.41, 5.74) is 9.70. The molecular formula is C31H36N4OSi. The first-order valence-corrected chi connectivity index (χ1v) is 17.2. The Balaban J connectivity index is 1.23. The number of amidine groups is 1. The molecule has 2 aliphatic heterocycles. The van der Waals surface area contributed by atoms with E-state index in [1.807, 2.05) is 13.3 Å². The van der Waals surface area contributed by atoms with Crippen molar-refractivity contribution in [2.75, 3.05) is 13.2 Å². The monoisotopic (exact) mass is 508 g/mol. The summed E-state index contributed by atoms with van der Waals surface area (Å²) < 4.78 is 2.17. The van der Waals surface area contributed by atoms with Gasteiger partial charge in [-0.1, -0.05) is 60.3 Å². The molecule has 0 radical (unpaired) electrons. The van der Waals surface area contributed by atoms with Gasteiger partial charge < -0.3 is 14.3 Å². The molecule has 2 fully saturated rings. The minimum Gasteiger partial charge on any atom is -0.392 e. The lowest BCUT2D eigenvalue weighted by atomic mass is 9.81.